The Morgan fingerprint density at radius 3 is 1.35 bits per heavy atom. The zero-order chi connectivity index (χ0) is 24.6. The summed E-state index contributed by atoms with van der Waals surface area (Å²) in [6.45, 7) is 0. The fourth-order valence-corrected chi connectivity index (χ4v) is 2.17. The van der Waals surface area contributed by atoms with Crippen LogP contribution in [0.5, 0.6) is 0 Å². The number of hydrogen-bond donors (Lipinski definition) is 0. The second-order valence-corrected chi connectivity index (χ2v) is 6.12. The van der Waals surface area contributed by atoms with Crippen molar-refractivity contribution in [2.24, 2.45) is 0 Å². The summed E-state index contributed by atoms with van der Waals surface area (Å²) in [5.74, 6) is -29.0. The summed E-state index contributed by atoms with van der Waals surface area (Å²) in [6, 6.07) is 2.52. The van der Waals surface area contributed by atoms with E-state index in [2.05, 4.69) is 0 Å². The van der Waals surface area contributed by atoms with Crippen LogP contribution < -0.4 is 4.57 Å². The number of aromatic nitrogens is 1. The number of nitrogens with zero attached hydrogens (tertiary/aromatic N) is 1. The van der Waals surface area contributed by atoms with Gasteiger partial charge in [0.25, 0.3) is 6.43 Å². The van der Waals surface area contributed by atoms with E-state index in [1.807, 2.05) is 0 Å². The average molecular weight is 490 g/mol. The molecule has 5 atom stereocenters. The third kappa shape index (κ3) is 4.52. The molecule has 1 heterocycles. The van der Waals surface area contributed by atoms with Gasteiger partial charge in [0.1, 0.15) is 0 Å². The normalized spacial score (nSPS) is 19.1. The predicted octanol–water partition coefficient (Wildman–Crippen LogP) is 5.60. The van der Waals surface area contributed by atoms with Gasteiger partial charge in [0, 0.05) is 12.1 Å². The number of pyridine rings is 1. The first-order chi connectivity index (χ1) is 13.9. The molecule has 16 heteroatoms. The van der Waals surface area contributed by atoms with Crippen LogP contribution in [0.15, 0.2) is 30.6 Å². The quantitative estimate of drug-likeness (QED) is 0.297. The number of alkyl halides is 15. The Morgan fingerprint density at radius 2 is 0.935 bits per heavy atom. The lowest BCUT2D eigenvalue weighted by Gasteiger charge is -2.38. The van der Waals surface area contributed by atoms with E-state index in [-0.39, 0.29) is 0 Å². The molecule has 0 aromatic carbocycles. The zero-order valence-corrected chi connectivity index (χ0v) is 14.5. The van der Waals surface area contributed by atoms with Crippen LogP contribution in [0.2, 0.25) is 0 Å². The third-order valence-corrected chi connectivity index (χ3v) is 4.01. The first-order valence-corrected chi connectivity index (χ1v) is 7.81. The Kier molecular flexibility index (Phi) is 7.81. The summed E-state index contributed by atoms with van der Waals surface area (Å²) in [5.41, 5.74) is 0. The van der Waals surface area contributed by atoms with Gasteiger partial charge in [-0.25, -0.2) is 26.3 Å². The second kappa shape index (κ2) is 8.92. The Balaban J connectivity index is 3.33. The van der Waals surface area contributed by atoms with Gasteiger partial charge < -0.3 is 0 Å². The Morgan fingerprint density at radius 1 is 0.516 bits per heavy atom. The molecule has 1 aromatic rings. The summed E-state index contributed by atoms with van der Waals surface area (Å²) in [6.07, 6.45) is -27.6. The van der Waals surface area contributed by atoms with Crippen molar-refractivity contribution in [2.45, 2.75) is 61.1 Å². The summed E-state index contributed by atoms with van der Waals surface area (Å²) < 4.78 is 199. The molecule has 1 rings (SSSR count). The van der Waals surface area contributed by atoms with E-state index in [0.717, 1.165) is 18.2 Å². The molecule has 0 bridgehead atoms. The van der Waals surface area contributed by atoms with E-state index in [1.165, 1.54) is 0 Å². The predicted molar refractivity (Wildman–Crippen MR) is 72.2 cm³/mol. The van der Waals surface area contributed by atoms with Crippen LogP contribution in [0.3, 0.4) is 0 Å². The first-order valence-electron chi connectivity index (χ1n) is 7.81. The van der Waals surface area contributed by atoms with Crippen LogP contribution in [-0.4, -0.2) is 54.8 Å². The van der Waals surface area contributed by atoms with Gasteiger partial charge in [0.15, 0.2) is 30.9 Å². The molecule has 1 aromatic heterocycles. The highest BCUT2D eigenvalue weighted by Crippen LogP contribution is 2.57. The Labute approximate surface area is 163 Å². The van der Waals surface area contributed by atoms with Crippen LogP contribution in [-0.2, 0) is 0 Å². The SMILES string of the molecule is FC(F)C(F)C(F)C(F)C(F)C(F)(F)C(F)(F)C(F)(F)C(F)(F)C(F)[n+]1ccccc1. The van der Waals surface area contributed by atoms with Crippen LogP contribution in [0.1, 0.15) is 6.30 Å². The molecule has 0 radical (unpaired) electrons. The number of rotatable bonds is 10. The van der Waals surface area contributed by atoms with Gasteiger partial charge in [-0.3, -0.25) is 0 Å². The average Bonchev–Trinajstić information content (AvgIpc) is 2.70. The van der Waals surface area contributed by atoms with Crippen molar-refractivity contribution < 1.29 is 70.4 Å². The molecule has 180 valence electrons. The largest absolute Gasteiger partial charge is 0.407 e. The third-order valence-electron chi connectivity index (χ3n) is 4.01. The summed E-state index contributed by atoms with van der Waals surface area (Å²) >= 11 is 0. The Hall–Kier alpha value is -1.90. The van der Waals surface area contributed by atoms with Crippen LogP contribution in [0.25, 0.3) is 0 Å². The molecule has 0 saturated heterocycles. The lowest BCUT2D eigenvalue weighted by Crippen LogP contribution is -2.69. The number of halogens is 15. The van der Waals surface area contributed by atoms with Gasteiger partial charge in [0.05, 0.1) is 0 Å². The number of hydrogen-bond acceptors (Lipinski definition) is 0. The first kappa shape index (κ1) is 27.1. The lowest BCUT2D eigenvalue weighted by molar-refractivity contribution is -0.771. The minimum atomic E-state index is -7.61. The van der Waals surface area contributed by atoms with E-state index < -0.39 is 65.7 Å². The van der Waals surface area contributed by atoms with Gasteiger partial charge >= 0.3 is 30.0 Å². The molecular formula is C15H11F15N+. The van der Waals surface area contributed by atoms with E-state index in [9.17, 15) is 65.9 Å². The maximum atomic E-state index is 13.8. The highest BCUT2D eigenvalue weighted by molar-refractivity contribution is 5.08. The van der Waals surface area contributed by atoms with Gasteiger partial charge in [-0.1, -0.05) is 6.07 Å². The van der Waals surface area contributed by atoms with Crippen molar-refractivity contribution in [1.82, 2.24) is 0 Å². The molecule has 1 nitrogen and oxygen atoms in total. The molecule has 31 heavy (non-hydrogen) atoms. The van der Waals surface area contributed by atoms with E-state index in [0.29, 0.717) is 12.4 Å². The maximum absolute atomic E-state index is 13.8. The topological polar surface area (TPSA) is 3.88 Å². The summed E-state index contributed by atoms with van der Waals surface area (Å²) in [7, 11) is 0. The van der Waals surface area contributed by atoms with Gasteiger partial charge in [-0.05, 0) is 0 Å². The fourth-order valence-electron chi connectivity index (χ4n) is 2.17. The molecule has 5 unspecified atom stereocenters. The molecule has 0 saturated carbocycles. The zero-order valence-electron chi connectivity index (χ0n) is 14.5. The highest BCUT2D eigenvalue weighted by Gasteiger charge is 2.86. The van der Waals surface area contributed by atoms with Crippen molar-refractivity contribution >= 4 is 0 Å². The fraction of sp³-hybridized carbons (Fsp3) is 0.667. The van der Waals surface area contributed by atoms with E-state index in [4.69, 9.17) is 0 Å². The summed E-state index contributed by atoms with van der Waals surface area (Å²) in [4.78, 5) is 0. The molecule has 0 N–H and O–H groups in total. The van der Waals surface area contributed by atoms with Crippen molar-refractivity contribution in [2.75, 3.05) is 0 Å². The standard InChI is InChI=1S/C15H11F15N/c16-6(8(18)10(20)21)7(17)9(19)12(23,24)14(27,28)15(29,30)13(25,26)11(22)31-4-2-1-3-5-31/h1-11H/q+1. The van der Waals surface area contributed by atoms with Crippen molar-refractivity contribution in [3.05, 3.63) is 30.6 Å². The monoisotopic (exact) mass is 490 g/mol. The lowest BCUT2D eigenvalue weighted by atomic mass is 9.91. The highest BCUT2D eigenvalue weighted by atomic mass is 19.4. The van der Waals surface area contributed by atoms with Gasteiger partial charge in [0.2, 0.25) is 6.17 Å². The van der Waals surface area contributed by atoms with Crippen LogP contribution in [0, 0.1) is 0 Å². The summed E-state index contributed by atoms with van der Waals surface area (Å²) in [5, 5.41) is 0. The maximum Gasteiger partial charge on any atom is 0.407 e. The molecule has 0 aliphatic heterocycles. The van der Waals surface area contributed by atoms with Crippen molar-refractivity contribution in [3.8, 4) is 0 Å². The molecular weight excluding hydrogens is 479 g/mol. The molecule has 0 aliphatic carbocycles. The van der Waals surface area contributed by atoms with Crippen molar-refractivity contribution in [1.29, 1.82) is 0 Å². The second-order valence-electron chi connectivity index (χ2n) is 6.12. The molecule has 0 amide bonds. The molecule has 0 spiro atoms. The Bertz CT molecular complexity index is 710. The van der Waals surface area contributed by atoms with Gasteiger partial charge in [-0.2, -0.15) is 44.1 Å². The van der Waals surface area contributed by atoms with Gasteiger partial charge in [-0.15, -0.1) is 0 Å². The van der Waals surface area contributed by atoms with Crippen molar-refractivity contribution in [3.63, 3.8) is 0 Å². The van der Waals surface area contributed by atoms with Crippen LogP contribution >= 0.6 is 0 Å². The minimum Gasteiger partial charge on any atom is -0.241 e. The van der Waals surface area contributed by atoms with E-state index in [1.54, 1.807) is 0 Å². The van der Waals surface area contributed by atoms with E-state index >= 15 is 0 Å². The molecule has 0 aliphatic rings. The minimum absolute atomic E-state index is 0.305. The smallest absolute Gasteiger partial charge is 0.241 e. The van der Waals surface area contributed by atoms with Crippen LogP contribution in [0.4, 0.5) is 65.9 Å². The molecule has 0 fully saturated rings.